The molecule has 0 aliphatic carbocycles. The van der Waals surface area contributed by atoms with Crippen molar-refractivity contribution in [3.05, 3.63) is 29.8 Å². The van der Waals surface area contributed by atoms with E-state index >= 15 is 0 Å². The molecule has 0 aromatic heterocycles. The average molecular weight is 242 g/mol. The molecule has 0 bridgehead atoms. The molecular weight excluding hydrogens is 222 g/mol. The van der Waals surface area contributed by atoms with Gasteiger partial charge in [-0.2, -0.15) is 0 Å². The number of hydrogen-bond acceptors (Lipinski definition) is 2. The van der Waals surface area contributed by atoms with Crippen molar-refractivity contribution in [2.24, 2.45) is 0 Å². The van der Waals surface area contributed by atoms with Crippen molar-refractivity contribution in [2.45, 2.75) is 45.8 Å². The molecule has 0 aliphatic heterocycles. The number of ether oxygens (including phenoxy) is 1. The van der Waals surface area contributed by atoms with Gasteiger partial charge < -0.3 is 4.74 Å². The Morgan fingerprint density at radius 2 is 2.12 bits per heavy atom. The fourth-order valence-corrected chi connectivity index (χ4v) is 1.74. The molecule has 1 N–H and O–H groups in total. The third-order valence-electron chi connectivity index (χ3n) is 2.55. The van der Waals surface area contributed by atoms with Crippen LogP contribution < -0.4 is 9.57 Å². The zero-order valence-electron chi connectivity index (χ0n) is 10.2. The summed E-state index contributed by atoms with van der Waals surface area (Å²) < 4.78 is 5.82. The number of benzene rings is 1. The molecule has 0 saturated heterocycles. The summed E-state index contributed by atoms with van der Waals surface area (Å²) >= 11 is 5.60. The highest BCUT2D eigenvalue weighted by Gasteiger charge is 2.06. The van der Waals surface area contributed by atoms with Gasteiger partial charge in [0.1, 0.15) is 5.75 Å². The zero-order chi connectivity index (χ0) is 12.0. The van der Waals surface area contributed by atoms with E-state index in [1.54, 1.807) is 0 Å². The Balaban J connectivity index is 2.67. The quantitative estimate of drug-likeness (QED) is 0.759. The van der Waals surface area contributed by atoms with Crippen molar-refractivity contribution in [3.8, 4) is 5.75 Å². The Labute approximate surface area is 103 Å². The summed E-state index contributed by atoms with van der Waals surface area (Å²) in [5.41, 5.74) is 1.14. The molecule has 0 heterocycles. The van der Waals surface area contributed by atoms with Crippen molar-refractivity contribution >= 4 is 11.8 Å². The third-order valence-corrected chi connectivity index (χ3v) is 2.88. The average Bonchev–Trinajstić information content (AvgIpc) is 2.28. The number of rotatable bonds is 6. The highest BCUT2D eigenvalue weighted by atomic mass is 35.5. The first-order valence-electron chi connectivity index (χ1n) is 5.80. The van der Waals surface area contributed by atoms with Gasteiger partial charge in [-0.15, -0.1) is 0 Å². The van der Waals surface area contributed by atoms with Gasteiger partial charge in [-0.3, -0.25) is 0 Å². The standard InChI is InChI=1S/C13H20ClNO/c1-4-6-10(2)16-13-8-5-7-12(9-13)11(3)15-14/h5,7-11,15H,4,6H2,1-3H3/t10-,11+/m0/s1. The van der Waals surface area contributed by atoms with Gasteiger partial charge in [0.25, 0.3) is 0 Å². The van der Waals surface area contributed by atoms with Gasteiger partial charge in [0.15, 0.2) is 0 Å². The van der Waals surface area contributed by atoms with Gasteiger partial charge in [0.05, 0.1) is 6.10 Å². The van der Waals surface area contributed by atoms with Gasteiger partial charge in [-0.25, -0.2) is 4.84 Å². The van der Waals surface area contributed by atoms with Crippen LogP contribution in [0.15, 0.2) is 24.3 Å². The second-order valence-corrected chi connectivity index (χ2v) is 4.34. The SMILES string of the molecule is CCC[C@H](C)Oc1cccc([C@@H](C)NCl)c1. The Kier molecular flexibility index (Phi) is 5.64. The summed E-state index contributed by atoms with van der Waals surface area (Å²) in [6.07, 6.45) is 2.48. The number of halogens is 1. The summed E-state index contributed by atoms with van der Waals surface area (Å²) in [6, 6.07) is 8.18. The molecule has 0 fully saturated rings. The Morgan fingerprint density at radius 1 is 1.38 bits per heavy atom. The van der Waals surface area contributed by atoms with E-state index in [1.807, 2.05) is 31.2 Å². The Hall–Kier alpha value is -0.730. The van der Waals surface area contributed by atoms with Crippen molar-refractivity contribution in [1.29, 1.82) is 0 Å². The van der Waals surface area contributed by atoms with Crippen molar-refractivity contribution in [2.75, 3.05) is 0 Å². The molecule has 0 radical (unpaired) electrons. The molecule has 0 saturated carbocycles. The van der Waals surface area contributed by atoms with Crippen LogP contribution in [0.5, 0.6) is 5.75 Å². The van der Waals surface area contributed by atoms with Crippen LogP contribution in [-0.2, 0) is 0 Å². The second-order valence-electron chi connectivity index (χ2n) is 4.12. The Morgan fingerprint density at radius 3 is 2.75 bits per heavy atom. The van der Waals surface area contributed by atoms with E-state index in [2.05, 4.69) is 18.7 Å². The van der Waals surface area contributed by atoms with Crippen LogP contribution in [0.1, 0.15) is 45.2 Å². The summed E-state index contributed by atoms with van der Waals surface area (Å²) in [4.78, 5) is 2.70. The van der Waals surface area contributed by atoms with E-state index < -0.39 is 0 Å². The number of nitrogens with one attached hydrogen (secondary N) is 1. The van der Waals surface area contributed by atoms with Gasteiger partial charge in [-0.05, 0) is 49.7 Å². The van der Waals surface area contributed by atoms with E-state index in [1.165, 1.54) is 0 Å². The van der Waals surface area contributed by atoms with Crippen LogP contribution >= 0.6 is 11.8 Å². The van der Waals surface area contributed by atoms with Crippen LogP contribution in [0, 0.1) is 0 Å². The van der Waals surface area contributed by atoms with Crippen molar-refractivity contribution in [3.63, 3.8) is 0 Å². The fraction of sp³-hybridized carbons (Fsp3) is 0.538. The van der Waals surface area contributed by atoms with Gasteiger partial charge in [0, 0.05) is 6.04 Å². The molecule has 3 heteroatoms. The predicted molar refractivity (Wildman–Crippen MR) is 68.8 cm³/mol. The maximum atomic E-state index is 5.82. The van der Waals surface area contributed by atoms with E-state index in [0.29, 0.717) is 0 Å². The van der Waals surface area contributed by atoms with Gasteiger partial charge >= 0.3 is 0 Å². The van der Waals surface area contributed by atoms with E-state index in [9.17, 15) is 0 Å². The third kappa shape index (κ3) is 4.03. The topological polar surface area (TPSA) is 21.3 Å². The maximum absolute atomic E-state index is 5.82. The lowest BCUT2D eigenvalue weighted by molar-refractivity contribution is 0.209. The zero-order valence-corrected chi connectivity index (χ0v) is 10.9. The molecule has 0 spiro atoms. The predicted octanol–water partition coefficient (Wildman–Crippen LogP) is 4.06. The smallest absolute Gasteiger partial charge is 0.120 e. The van der Waals surface area contributed by atoms with Crippen LogP contribution in [0.3, 0.4) is 0 Å². The van der Waals surface area contributed by atoms with E-state index in [4.69, 9.17) is 16.5 Å². The summed E-state index contributed by atoms with van der Waals surface area (Å²) in [6.45, 7) is 6.27. The monoisotopic (exact) mass is 241 g/mol. The largest absolute Gasteiger partial charge is 0.491 e. The minimum Gasteiger partial charge on any atom is -0.491 e. The van der Waals surface area contributed by atoms with E-state index in [0.717, 1.165) is 24.2 Å². The summed E-state index contributed by atoms with van der Waals surface area (Å²) in [5, 5.41) is 0. The summed E-state index contributed by atoms with van der Waals surface area (Å²) in [7, 11) is 0. The minimum atomic E-state index is 0.131. The maximum Gasteiger partial charge on any atom is 0.120 e. The molecule has 90 valence electrons. The molecular formula is C13H20ClNO. The van der Waals surface area contributed by atoms with Crippen molar-refractivity contribution in [1.82, 2.24) is 4.84 Å². The van der Waals surface area contributed by atoms with Crippen LogP contribution in [0.25, 0.3) is 0 Å². The fourth-order valence-electron chi connectivity index (χ4n) is 1.62. The molecule has 16 heavy (non-hydrogen) atoms. The first-order chi connectivity index (χ1) is 7.67. The normalized spacial score (nSPS) is 14.5. The molecule has 1 aromatic rings. The van der Waals surface area contributed by atoms with Crippen LogP contribution in [0.2, 0.25) is 0 Å². The minimum absolute atomic E-state index is 0.131. The van der Waals surface area contributed by atoms with Gasteiger partial charge in [0.2, 0.25) is 0 Å². The second kappa shape index (κ2) is 6.77. The first kappa shape index (κ1) is 13.3. The highest BCUT2D eigenvalue weighted by molar-refractivity contribution is 6.13. The Bertz CT molecular complexity index is 317. The molecule has 0 unspecified atom stereocenters. The number of hydrogen-bond donors (Lipinski definition) is 1. The molecule has 0 aliphatic rings. The molecule has 1 aromatic carbocycles. The molecule has 2 atom stereocenters. The van der Waals surface area contributed by atoms with E-state index in [-0.39, 0.29) is 12.1 Å². The molecule has 1 rings (SSSR count). The summed E-state index contributed by atoms with van der Waals surface area (Å²) in [5.74, 6) is 0.914. The molecule has 2 nitrogen and oxygen atoms in total. The van der Waals surface area contributed by atoms with Crippen LogP contribution in [0.4, 0.5) is 0 Å². The highest BCUT2D eigenvalue weighted by Crippen LogP contribution is 2.21. The lowest BCUT2D eigenvalue weighted by atomic mass is 10.1. The lowest BCUT2D eigenvalue weighted by Gasteiger charge is -2.16. The van der Waals surface area contributed by atoms with Crippen LogP contribution in [-0.4, -0.2) is 6.10 Å². The first-order valence-corrected chi connectivity index (χ1v) is 6.18. The van der Waals surface area contributed by atoms with Gasteiger partial charge in [-0.1, -0.05) is 25.5 Å². The van der Waals surface area contributed by atoms with Crippen molar-refractivity contribution < 1.29 is 4.74 Å². The molecule has 0 amide bonds. The lowest BCUT2D eigenvalue weighted by Crippen LogP contribution is -2.12.